The Morgan fingerprint density at radius 3 is 2.86 bits per heavy atom. The van der Waals surface area contributed by atoms with Crippen molar-refractivity contribution < 1.29 is 0 Å². The van der Waals surface area contributed by atoms with Gasteiger partial charge in [-0.05, 0) is 25.0 Å². The van der Waals surface area contributed by atoms with Crippen molar-refractivity contribution in [2.75, 3.05) is 5.32 Å². The lowest BCUT2D eigenvalue weighted by Gasteiger charge is -2.03. The van der Waals surface area contributed by atoms with Crippen molar-refractivity contribution in [2.24, 2.45) is 0 Å². The zero-order valence-corrected chi connectivity index (χ0v) is 7.64. The van der Waals surface area contributed by atoms with E-state index in [9.17, 15) is 0 Å². The fraction of sp³-hybridized carbons (Fsp3) is 0.300. The van der Waals surface area contributed by atoms with Crippen molar-refractivity contribution in [3.8, 4) is 0 Å². The molecule has 0 bridgehead atoms. The number of anilines is 1. The second-order valence-corrected chi connectivity index (χ2v) is 3.51. The number of fused-ring (bicyclic) bond motifs is 1. The van der Waals surface area contributed by atoms with Gasteiger partial charge in [-0.1, -0.05) is 0 Å². The topological polar surface area (TPSA) is 50.7 Å². The van der Waals surface area contributed by atoms with Crippen LogP contribution in [0.2, 0.25) is 0 Å². The highest BCUT2D eigenvalue weighted by Crippen LogP contribution is 2.24. The van der Waals surface area contributed by atoms with E-state index in [0.717, 1.165) is 11.3 Å². The summed E-state index contributed by atoms with van der Waals surface area (Å²) in [6.45, 7) is 0. The summed E-state index contributed by atoms with van der Waals surface area (Å²) >= 11 is 0. The Morgan fingerprint density at radius 2 is 2.00 bits per heavy atom. The molecule has 0 unspecified atom stereocenters. The molecule has 0 spiro atoms. The number of nitrogens with one attached hydrogen (secondary N) is 1. The highest BCUT2D eigenvalue weighted by Gasteiger charge is 2.21. The zero-order chi connectivity index (χ0) is 9.38. The minimum Gasteiger partial charge on any atom is -0.367 e. The van der Waals surface area contributed by atoms with E-state index < -0.39 is 0 Å². The molecule has 0 atom stereocenters. The van der Waals surface area contributed by atoms with Crippen molar-refractivity contribution >= 4 is 17.0 Å². The summed E-state index contributed by atoms with van der Waals surface area (Å²) in [4.78, 5) is 12.7. The van der Waals surface area contributed by atoms with Crippen LogP contribution in [-0.4, -0.2) is 21.0 Å². The van der Waals surface area contributed by atoms with Gasteiger partial charge in [0.25, 0.3) is 0 Å². The van der Waals surface area contributed by atoms with E-state index in [1.54, 1.807) is 12.4 Å². The van der Waals surface area contributed by atoms with E-state index >= 15 is 0 Å². The Balaban J connectivity index is 2.01. The van der Waals surface area contributed by atoms with Crippen LogP contribution >= 0.6 is 0 Å². The van der Waals surface area contributed by atoms with Crippen LogP contribution in [0.1, 0.15) is 12.8 Å². The van der Waals surface area contributed by atoms with Crippen LogP contribution in [0.5, 0.6) is 0 Å². The quantitative estimate of drug-likeness (QED) is 0.774. The smallest absolute Gasteiger partial charge is 0.180 e. The SMILES string of the molecule is c1cnc2nc(NC3CC3)ccc2n1. The lowest BCUT2D eigenvalue weighted by molar-refractivity contribution is 1.11. The molecule has 3 rings (SSSR count). The van der Waals surface area contributed by atoms with Gasteiger partial charge < -0.3 is 5.32 Å². The summed E-state index contributed by atoms with van der Waals surface area (Å²) in [5, 5.41) is 3.33. The molecule has 0 saturated heterocycles. The van der Waals surface area contributed by atoms with Crippen molar-refractivity contribution in [3.63, 3.8) is 0 Å². The first kappa shape index (κ1) is 7.67. The lowest BCUT2D eigenvalue weighted by atomic mass is 10.4. The molecule has 2 aromatic heterocycles. The third-order valence-corrected chi connectivity index (χ3v) is 2.26. The lowest BCUT2D eigenvalue weighted by Crippen LogP contribution is -2.03. The molecule has 2 aromatic rings. The van der Waals surface area contributed by atoms with E-state index in [1.165, 1.54) is 12.8 Å². The molecule has 4 nitrogen and oxygen atoms in total. The first-order valence-electron chi connectivity index (χ1n) is 4.76. The van der Waals surface area contributed by atoms with Crippen LogP contribution in [0, 0.1) is 0 Å². The number of aromatic nitrogens is 3. The second kappa shape index (κ2) is 2.90. The molecule has 0 amide bonds. The summed E-state index contributed by atoms with van der Waals surface area (Å²) in [7, 11) is 0. The van der Waals surface area contributed by atoms with Crippen LogP contribution in [0.25, 0.3) is 11.2 Å². The highest BCUT2D eigenvalue weighted by molar-refractivity contribution is 5.71. The Hall–Kier alpha value is -1.71. The Labute approximate surface area is 81.4 Å². The third-order valence-electron chi connectivity index (χ3n) is 2.26. The molecule has 0 aromatic carbocycles. The van der Waals surface area contributed by atoms with E-state index in [0.29, 0.717) is 11.7 Å². The summed E-state index contributed by atoms with van der Waals surface area (Å²) in [6.07, 6.45) is 5.84. The number of hydrogen-bond donors (Lipinski definition) is 1. The second-order valence-electron chi connectivity index (χ2n) is 3.51. The number of hydrogen-bond acceptors (Lipinski definition) is 4. The van der Waals surface area contributed by atoms with Crippen molar-refractivity contribution in [2.45, 2.75) is 18.9 Å². The monoisotopic (exact) mass is 186 g/mol. The zero-order valence-electron chi connectivity index (χ0n) is 7.64. The third kappa shape index (κ3) is 1.39. The molecule has 4 heteroatoms. The Morgan fingerprint density at radius 1 is 1.14 bits per heavy atom. The van der Waals surface area contributed by atoms with Crippen molar-refractivity contribution in [1.82, 2.24) is 15.0 Å². The van der Waals surface area contributed by atoms with Gasteiger partial charge in [0.15, 0.2) is 5.65 Å². The van der Waals surface area contributed by atoms with Crippen molar-refractivity contribution in [3.05, 3.63) is 24.5 Å². The van der Waals surface area contributed by atoms with Gasteiger partial charge in [-0.3, -0.25) is 4.98 Å². The van der Waals surface area contributed by atoms with Gasteiger partial charge in [0, 0.05) is 18.4 Å². The van der Waals surface area contributed by atoms with Crippen molar-refractivity contribution in [1.29, 1.82) is 0 Å². The maximum atomic E-state index is 4.37. The summed E-state index contributed by atoms with van der Waals surface area (Å²) in [5.41, 5.74) is 1.55. The first-order chi connectivity index (χ1) is 6.92. The molecular weight excluding hydrogens is 176 g/mol. The van der Waals surface area contributed by atoms with Crippen LogP contribution in [0.3, 0.4) is 0 Å². The molecule has 2 heterocycles. The van der Waals surface area contributed by atoms with Crippen LogP contribution in [-0.2, 0) is 0 Å². The first-order valence-corrected chi connectivity index (χ1v) is 4.76. The van der Waals surface area contributed by atoms with E-state index in [1.807, 2.05) is 12.1 Å². The van der Waals surface area contributed by atoms with Crippen LogP contribution < -0.4 is 5.32 Å². The predicted octanol–water partition coefficient (Wildman–Crippen LogP) is 1.60. The summed E-state index contributed by atoms with van der Waals surface area (Å²) < 4.78 is 0. The average molecular weight is 186 g/mol. The van der Waals surface area contributed by atoms with Gasteiger partial charge >= 0.3 is 0 Å². The molecule has 1 N–H and O–H groups in total. The molecule has 1 aliphatic carbocycles. The van der Waals surface area contributed by atoms with Crippen LogP contribution in [0.4, 0.5) is 5.82 Å². The molecule has 0 radical (unpaired) electrons. The van der Waals surface area contributed by atoms with Gasteiger partial charge in [0.2, 0.25) is 0 Å². The maximum Gasteiger partial charge on any atom is 0.180 e. The molecule has 1 saturated carbocycles. The molecule has 0 aliphatic heterocycles. The minimum atomic E-state index is 0.622. The van der Waals surface area contributed by atoms with E-state index in [4.69, 9.17) is 0 Å². The van der Waals surface area contributed by atoms with E-state index in [-0.39, 0.29) is 0 Å². The molecular formula is C10H10N4. The predicted molar refractivity (Wildman–Crippen MR) is 54.0 cm³/mol. The van der Waals surface area contributed by atoms with Gasteiger partial charge in [-0.15, -0.1) is 0 Å². The molecule has 1 fully saturated rings. The number of rotatable bonds is 2. The largest absolute Gasteiger partial charge is 0.367 e. The molecule has 1 aliphatic rings. The molecule has 70 valence electrons. The summed E-state index contributed by atoms with van der Waals surface area (Å²) in [5.74, 6) is 0.903. The maximum absolute atomic E-state index is 4.37. The van der Waals surface area contributed by atoms with Gasteiger partial charge in [-0.2, -0.15) is 0 Å². The fourth-order valence-corrected chi connectivity index (χ4v) is 1.37. The average Bonchev–Trinajstić information content (AvgIpc) is 3.02. The fourth-order valence-electron chi connectivity index (χ4n) is 1.37. The standard InChI is InChI=1S/C10H10N4/c1-2-7(1)13-9-4-3-8-10(14-9)12-6-5-11-8/h3-7H,1-2H2,(H,12,13,14). The van der Waals surface area contributed by atoms with Crippen LogP contribution in [0.15, 0.2) is 24.5 Å². The van der Waals surface area contributed by atoms with Gasteiger partial charge in [0.05, 0.1) is 0 Å². The highest BCUT2D eigenvalue weighted by atomic mass is 15.1. The van der Waals surface area contributed by atoms with E-state index in [2.05, 4.69) is 20.3 Å². The normalized spacial score (nSPS) is 15.7. The Kier molecular flexibility index (Phi) is 1.59. The summed E-state index contributed by atoms with van der Waals surface area (Å²) in [6, 6.07) is 4.52. The van der Waals surface area contributed by atoms with Gasteiger partial charge in [0.1, 0.15) is 11.3 Å². The number of nitrogens with zero attached hydrogens (tertiary/aromatic N) is 3. The minimum absolute atomic E-state index is 0.622. The molecule has 14 heavy (non-hydrogen) atoms. The number of pyridine rings is 1. The Bertz CT molecular complexity index is 464. The van der Waals surface area contributed by atoms with Gasteiger partial charge in [-0.25, -0.2) is 9.97 Å².